The molecule has 0 N–H and O–H groups in total. The highest BCUT2D eigenvalue weighted by molar-refractivity contribution is 5.56. The molecule has 1 aromatic carbocycles. The van der Waals surface area contributed by atoms with Crippen LogP contribution >= 0.6 is 0 Å². The van der Waals surface area contributed by atoms with E-state index < -0.39 is 0 Å². The van der Waals surface area contributed by atoms with E-state index in [-0.39, 0.29) is 0 Å². The minimum Gasteiger partial charge on any atom is -0.324 e. The van der Waals surface area contributed by atoms with Crippen LogP contribution in [0.2, 0.25) is 0 Å². The zero-order chi connectivity index (χ0) is 16.4. The Hall–Kier alpha value is -1.61. The van der Waals surface area contributed by atoms with E-state index in [1.54, 1.807) is 0 Å². The summed E-state index contributed by atoms with van der Waals surface area (Å²) >= 11 is 0. The van der Waals surface area contributed by atoms with E-state index >= 15 is 0 Å². The van der Waals surface area contributed by atoms with Gasteiger partial charge in [-0.15, -0.1) is 0 Å². The number of rotatable bonds is 4. The molecule has 1 aromatic heterocycles. The van der Waals surface area contributed by atoms with Gasteiger partial charge in [0.1, 0.15) is 5.82 Å². The maximum Gasteiger partial charge on any atom is 0.140 e. The molecule has 2 heterocycles. The average molecular weight is 323 g/mol. The summed E-state index contributed by atoms with van der Waals surface area (Å²) in [6.45, 7) is 5.94. The molecule has 3 nitrogen and oxygen atoms in total. The van der Waals surface area contributed by atoms with Gasteiger partial charge < -0.3 is 9.47 Å². The molecule has 0 amide bonds. The van der Waals surface area contributed by atoms with Crippen molar-refractivity contribution in [1.29, 1.82) is 0 Å². The minimum absolute atomic E-state index is 0.575. The molecule has 2 aromatic rings. The van der Waals surface area contributed by atoms with Crippen LogP contribution in [0.15, 0.2) is 36.5 Å². The van der Waals surface area contributed by atoms with Crippen LogP contribution in [0.5, 0.6) is 0 Å². The molecule has 0 bridgehead atoms. The Morgan fingerprint density at radius 1 is 1.04 bits per heavy atom. The van der Waals surface area contributed by atoms with Crippen molar-refractivity contribution in [1.82, 2.24) is 14.5 Å². The number of hydrogen-bond acceptors (Lipinski definition) is 2. The summed E-state index contributed by atoms with van der Waals surface area (Å²) in [4.78, 5) is 7.42. The monoisotopic (exact) mass is 323 g/mol. The molecule has 1 saturated heterocycles. The lowest BCUT2D eigenvalue weighted by atomic mass is 9.89. The Morgan fingerprint density at radius 2 is 1.83 bits per heavy atom. The summed E-state index contributed by atoms with van der Waals surface area (Å²) in [7, 11) is 0. The van der Waals surface area contributed by atoms with Crippen LogP contribution in [0.4, 0.5) is 0 Å². The smallest absolute Gasteiger partial charge is 0.140 e. The topological polar surface area (TPSA) is 21.1 Å². The second-order valence-electron chi connectivity index (χ2n) is 7.67. The number of imidazole rings is 1. The quantitative estimate of drug-likeness (QED) is 0.814. The number of benzene rings is 1. The van der Waals surface area contributed by atoms with Crippen molar-refractivity contribution in [3.63, 3.8) is 0 Å². The van der Waals surface area contributed by atoms with Crippen molar-refractivity contribution >= 4 is 0 Å². The van der Waals surface area contributed by atoms with E-state index in [1.165, 1.54) is 69.4 Å². The molecule has 2 fully saturated rings. The number of hydrogen-bond donors (Lipinski definition) is 0. The first-order valence-electron chi connectivity index (χ1n) is 9.63. The van der Waals surface area contributed by atoms with E-state index in [4.69, 9.17) is 4.98 Å². The molecule has 128 valence electrons. The van der Waals surface area contributed by atoms with Crippen molar-refractivity contribution < 1.29 is 0 Å². The van der Waals surface area contributed by atoms with E-state index in [0.717, 1.165) is 11.7 Å². The van der Waals surface area contributed by atoms with Gasteiger partial charge in [0.25, 0.3) is 0 Å². The van der Waals surface area contributed by atoms with Gasteiger partial charge in [0.2, 0.25) is 0 Å². The van der Waals surface area contributed by atoms with Crippen LogP contribution in [0.1, 0.15) is 50.3 Å². The van der Waals surface area contributed by atoms with Gasteiger partial charge in [0.05, 0.1) is 0 Å². The molecule has 0 radical (unpaired) electrons. The summed E-state index contributed by atoms with van der Waals surface area (Å²) in [6, 6.07) is 11.2. The van der Waals surface area contributed by atoms with Crippen molar-refractivity contribution in [2.45, 2.75) is 51.5 Å². The van der Waals surface area contributed by atoms with Gasteiger partial charge in [-0.1, -0.05) is 49.6 Å². The molecule has 24 heavy (non-hydrogen) atoms. The number of nitrogens with zero attached hydrogens (tertiary/aromatic N) is 3. The molecule has 1 aliphatic heterocycles. The summed E-state index contributed by atoms with van der Waals surface area (Å²) in [6.07, 6.45) is 10.5. The zero-order valence-corrected chi connectivity index (χ0v) is 14.8. The third-order valence-electron chi connectivity index (χ3n) is 5.87. The summed E-state index contributed by atoms with van der Waals surface area (Å²) in [5.74, 6) is 2.08. The van der Waals surface area contributed by atoms with Gasteiger partial charge in [-0.05, 0) is 32.1 Å². The summed E-state index contributed by atoms with van der Waals surface area (Å²) < 4.78 is 2.48. The largest absolute Gasteiger partial charge is 0.324 e. The Morgan fingerprint density at radius 3 is 2.62 bits per heavy atom. The molecule has 3 heteroatoms. The highest BCUT2D eigenvalue weighted by Crippen LogP contribution is 2.31. The average Bonchev–Trinajstić information content (AvgIpc) is 3.23. The lowest BCUT2D eigenvalue weighted by molar-refractivity contribution is 0.228. The number of aryl methyl sites for hydroxylation is 1. The first-order valence-corrected chi connectivity index (χ1v) is 9.63. The van der Waals surface area contributed by atoms with Crippen LogP contribution in [0.25, 0.3) is 11.4 Å². The lowest BCUT2D eigenvalue weighted by Crippen LogP contribution is -2.29. The maximum absolute atomic E-state index is 4.72. The number of aromatic nitrogens is 2. The van der Waals surface area contributed by atoms with E-state index in [9.17, 15) is 0 Å². The third-order valence-corrected chi connectivity index (χ3v) is 5.87. The summed E-state index contributed by atoms with van der Waals surface area (Å²) in [5, 5.41) is 0. The predicted octanol–water partition coefficient (Wildman–Crippen LogP) is 4.69. The third kappa shape index (κ3) is 3.27. The van der Waals surface area contributed by atoms with Gasteiger partial charge >= 0.3 is 0 Å². The first kappa shape index (κ1) is 15.9. The molecular weight excluding hydrogens is 294 g/mol. The molecule has 1 aliphatic carbocycles. The first-order chi connectivity index (χ1) is 11.8. The van der Waals surface area contributed by atoms with Crippen LogP contribution in [0.3, 0.4) is 0 Å². The molecule has 4 rings (SSSR count). The van der Waals surface area contributed by atoms with Crippen LogP contribution < -0.4 is 0 Å². The Bertz CT molecular complexity index is 655. The van der Waals surface area contributed by atoms with Gasteiger partial charge in [-0.3, -0.25) is 0 Å². The summed E-state index contributed by atoms with van der Waals surface area (Å²) in [5.41, 5.74) is 2.52. The SMILES string of the molecule is Cc1cnc(-c2ccccc2)n1C1CCN(CC2CCCCC2)C1. The Kier molecular flexibility index (Phi) is 4.70. The van der Waals surface area contributed by atoms with Gasteiger partial charge in [-0.25, -0.2) is 4.98 Å². The second kappa shape index (κ2) is 7.10. The van der Waals surface area contributed by atoms with E-state index in [1.807, 2.05) is 6.20 Å². The van der Waals surface area contributed by atoms with Crippen LogP contribution in [-0.2, 0) is 0 Å². The van der Waals surface area contributed by atoms with E-state index in [0.29, 0.717) is 6.04 Å². The lowest BCUT2D eigenvalue weighted by Gasteiger charge is -2.27. The standard InChI is InChI=1S/C21H29N3/c1-17-14-22-21(19-10-6-3-7-11-19)24(17)20-12-13-23(16-20)15-18-8-4-2-5-9-18/h3,6-7,10-11,14,18,20H,2,4-5,8-9,12-13,15-16H2,1H3. The van der Waals surface area contributed by atoms with Crippen LogP contribution in [-0.4, -0.2) is 34.1 Å². The second-order valence-corrected chi connectivity index (χ2v) is 7.67. The van der Waals surface area contributed by atoms with Crippen molar-refractivity contribution in [2.75, 3.05) is 19.6 Å². The highest BCUT2D eigenvalue weighted by atomic mass is 15.2. The van der Waals surface area contributed by atoms with Crippen LogP contribution in [0, 0.1) is 12.8 Å². The van der Waals surface area contributed by atoms with Gasteiger partial charge in [0.15, 0.2) is 0 Å². The fourth-order valence-electron chi connectivity index (χ4n) is 4.63. The van der Waals surface area contributed by atoms with Crippen molar-refractivity contribution in [2.24, 2.45) is 5.92 Å². The van der Waals surface area contributed by atoms with Crippen molar-refractivity contribution in [3.8, 4) is 11.4 Å². The Labute approximate surface area is 145 Å². The zero-order valence-electron chi connectivity index (χ0n) is 14.8. The van der Waals surface area contributed by atoms with Gasteiger partial charge in [-0.2, -0.15) is 0 Å². The maximum atomic E-state index is 4.72. The fraction of sp³-hybridized carbons (Fsp3) is 0.571. The highest BCUT2D eigenvalue weighted by Gasteiger charge is 2.28. The van der Waals surface area contributed by atoms with Gasteiger partial charge in [0, 0.05) is 43.1 Å². The molecular formula is C21H29N3. The number of likely N-dealkylation sites (tertiary alicyclic amines) is 1. The van der Waals surface area contributed by atoms with E-state index in [2.05, 4.69) is 46.7 Å². The predicted molar refractivity (Wildman–Crippen MR) is 99.1 cm³/mol. The molecule has 1 saturated carbocycles. The molecule has 0 spiro atoms. The normalized spacial score (nSPS) is 23.0. The minimum atomic E-state index is 0.575. The molecule has 2 aliphatic rings. The molecule has 1 atom stereocenters. The molecule has 1 unspecified atom stereocenters. The fourth-order valence-corrected chi connectivity index (χ4v) is 4.63. The Balaban J connectivity index is 1.48. The van der Waals surface area contributed by atoms with Crippen molar-refractivity contribution in [3.05, 3.63) is 42.2 Å².